The predicted molar refractivity (Wildman–Crippen MR) is 78.9 cm³/mol. The smallest absolute Gasteiger partial charge is 0.290 e. The number of benzene rings is 2. The predicted octanol–water partition coefficient (Wildman–Crippen LogP) is 2.99. The molecule has 3 heteroatoms. The van der Waals surface area contributed by atoms with E-state index in [1.807, 2.05) is 6.07 Å². The molecule has 2 aromatic carbocycles. The maximum atomic E-state index is 5.37. The number of fused-ring (bicyclic) bond motifs is 5. The van der Waals surface area contributed by atoms with Crippen molar-refractivity contribution in [1.82, 2.24) is 4.57 Å². The molecular formula is C17H17N2O+. The molecule has 0 amide bonds. The van der Waals surface area contributed by atoms with Crippen LogP contribution in [0.4, 0.5) is 0 Å². The average molecular weight is 265 g/mol. The van der Waals surface area contributed by atoms with Crippen molar-refractivity contribution in [3.05, 3.63) is 48.0 Å². The maximum Gasteiger partial charge on any atom is 0.290 e. The lowest BCUT2D eigenvalue weighted by molar-refractivity contribution is -0.646. The molecule has 0 unspecified atom stereocenters. The molecule has 0 saturated carbocycles. The average Bonchev–Trinajstić information content (AvgIpc) is 3.00. The fraction of sp³-hybridized carbons (Fsp3) is 0.235. The van der Waals surface area contributed by atoms with E-state index in [0.717, 1.165) is 18.8 Å². The highest BCUT2D eigenvalue weighted by molar-refractivity contribution is 5.79. The topological polar surface area (TPSA) is 18.0 Å². The van der Waals surface area contributed by atoms with E-state index in [2.05, 4.69) is 52.5 Å². The number of nitrogens with zero attached hydrogens (tertiary/aromatic N) is 2. The molecule has 0 aliphatic carbocycles. The van der Waals surface area contributed by atoms with Gasteiger partial charge in [-0.1, -0.05) is 18.2 Å². The van der Waals surface area contributed by atoms with Gasteiger partial charge >= 0.3 is 0 Å². The second kappa shape index (κ2) is 4.10. The van der Waals surface area contributed by atoms with Crippen LogP contribution in [-0.4, -0.2) is 11.7 Å². The Kier molecular flexibility index (Phi) is 2.36. The minimum absolute atomic E-state index is 0.914. The summed E-state index contributed by atoms with van der Waals surface area (Å²) < 4.78 is 10.2. The number of aryl methyl sites for hydroxylation is 1. The number of methoxy groups -OCH3 is 1. The molecule has 4 rings (SSSR count). The van der Waals surface area contributed by atoms with Crippen LogP contribution in [0.5, 0.6) is 5.75 Å². The van der Waals surface area contributed by atoms with Crippen molar-refractivity contribution in [2.45, 2.75) is 20.0 Å². The minimum atomic E-state index is 0.914. The van der Waals surface area contributed by atoms with Gasteiger partial charge in [0.15, 0.2) is 11.0 Å². The molecule has 1 aliphatic heterocycles. The van der Waals surface area contributed by atoms with E-state index >= 15 is 0 Å². The van der Waals surface area contributed by atoms with Crippen LogP contribution in [0, 0.1) is 0 Å². The van der Waals surface area contributed by atoms with Gasteiger partial charge in [-0.15, -0.1) is 0 Å². The van der Waals surface area contributed by atoms with Crippen LogP contribution in [-0.2, 0) is 13.1 Å². The van der Waals surface area contributed by atoms with Gasteiger partial charge < -0.3 is 4.74 Å². The minimum Gasteiger partial charge on any atom is -0.497 e. The van der Waals surface area contributed by atoms with Crippen LogP contribution >= 0.6 is 0 Å². The molecule has 0 bridgehead atoms. The third kappa shape index (κ3) is 1.38. The largest absolute Gasteiger partial charge is 0.497 e. The third-order valence-corrected chi connectivity index (χ3v) is 4.18. The highest BCUT2D eigenvalue weighted by Gasteiger charge is 2.32. The van der Waals surface area contributed by atoms with Crippen LogP contribution in [0.1, 0.15) is 12.5 Å². The van der Waals surface area contributed by atoms with E-state index < -0.39 is 0 Å². The van der Waals surface area contributed by atoms with E-state index in [0.29, 0.717) is 0 Å². The maximum absolute atomic E-state index is 5.37. The van der Waals surface area contributed by atoms with Crippen LogP contribution in [0.15, 0.2) is 42.5 Å². The molecule has 0 atom stereocenters. The Bertz CT molecular complexity index is 817. The van der Waals surface area contributed by atoms with E-state index in [1.165, 1.54) is 28.0 Å². The van der Waals surface area contributed by atoms with Crippen LogP contribution in [0.25, 0.3) is 22.4 Å². The summed E-state index contributed by atoms with van der Waals surface area (Å²) in [4.78, 5) is 0. The van der Waals surface area contributed by atoms with Crippen molar-refractivity contribution < 1.29 is 9.30 Å². The summed E-state index contributed by atoms with van der Waals surface area (Å²) in [6, 6.07) is 15.0. The number of ether oxygens (including phenoxy) is 1. The third-order valence-electron chi connectivity index (χ3n) is 4.18. The van der Waals surface area contributed by atoms with E-state index in [1.54, 1.807) is 7.11 Å². The molecule has 20 heavy (non-hydrogen) atoms. The first-order chi connectivity index (χ1) is 9.83. The van der Waals surface area contributed by atoms with Gasteiger partial charge in [0.25, 0.3) is 5.82 Å². The lowest BCUT2D eigenvalue weighted by Crippen LogP contribution is -2.31. The van der Waals surface area contributed by atoms with Crippen molar-refractivity contribution in [2.75, 3.05) is 7.11 Å². The van der Waals surface area contributed by atoms with Gasteiger partial charge in [-0.25, -0.2) is 9.13 Å². The van der Waals surface area contributed by atoms with Crippen molar-refractivity contribution in [3.8, 4) is 17.1 Å². The second-order valence-corrected chi connectivity index (χ2v) is 5.17. The van der Waals surface area contributed by atoms with Crippen molar-refractivity contribution >= 4 is 11.0 Å². The van der Waals surface area contributed by atoms with Crippen LogP contribution in [0.3, 0.4) is 0 Å². The fourth-order valence-corrected chi connectivity index (χ4v) is 3.27. The summed E-state index contributed by atoms with van der Waals surface area (Å²) in [6.07, 6.45) is 0. The normalized spacial score (nSPS) is 12.5. The molecule has 0 radical (unpaired) electrons. The molecule has 100 valence electrons. The zero-order valence-electron chi connectivity index (χ0n) is 11.8. The van der Waals surface area contributed by atoms with Gasteiger partial charge in [0.05, 0.1) is 19.2 Å². The summed E-state index contributed by atoms with van der Waals surface area (Å²) in [5, 5.41) is 0. The molecule has 0 saturated heterocycles. The van der Waals surface area contributed by atoms with Crippen molar-refractivity contribution in [3.63, 3.8) is 0 Å². The monoisotopic (exact) mass is 265 g/mol. The molecule has 0 spiro atoms. The molecular weight excluding hydrogens is 248 g/mol. The molecule has 3 nitrogen and oxygen atoms in total. The Morgan fingerprint density at radius 3 is 2.85 bits per heavy atom. The number of hydrogen-bond donors (Lipinski definition) is 0. The van der Waals surface area contributed by atoms with Gasteiger partial charge in [-0.3, -0.25) is 0 Å². The number of aromatic nitrogens is 2. The van der Waals surface area contributed by atoms with Crippen molar-refractivity contribution in [1.29, 1.82) is 0 Å². The standard InChI is InChI=1S/C17H17N2O/c1-3-18-16-10-13(20-2)8-9-15(16)19-11-12-6-4-5-7-14(12)17(18)19/h4-10H,3,11H2,1-2H3/q+1. The van der Waals surface area contributed by atoms with E-state index in [-0.39, 0.29) is 0 Å². The lowest BCUT2D eigenvalue weighted by Gasteiger charge is -2.00. The zero-order valence-corrected chi connectivity index (χ0v) is 11.8. The summed E-state index contributed by atoms with van der Waals surface area (Å²) >= 11 is 0. The summed E-state index contributed by atoms with van der Waals surface area (Å²) in [6.45, 7) is 4.11. The molecule has 1 aromatic heterocycles. The van der Waals surface area contributed by atoms with Crippen molar-refractivity contribution in [2.24, 2.45) is 0 Å². The molecule has 0 N–H and O–H groups in total. The van der Waals surface area contributed by atoms with Gasteiger partial charge in [0.2, 0.25) is 0 Å². The highest BCUT2D eigenvalue weighted by Crippen LogP contribution is 2.32. The first-order valence-corrected chi connectivity index (χ1v) is 7.02. The Labute approximate surface area is 118 Å². The number of hydrogen-bond acceptors (Lipinski definition) is 1. The second-order valence-electron chi connectivity index (χ2n) is 5.17. The SMILES string of the molecule is CCn1c2[n+](c3ccc(OC)cc31)Cc1ccccc1-2. The molecule has 3 aromatic rings. The molecule has 0 fully saturated rings. The zero-order chi connectivity index (χ0) is 13.7. The summed E-state index contributed by atoms with van der Waals surface area (Å²) in [5.74, 6) is 2.23. The summed E-state index contributed by atoms with van der Waals surface area (Å²) in [7, 11) is 1.72. The highest BCUT2D eigenvalue weighted by atomic mass is 16.5. The first kappa shape index (κ1) is 11.5. The first-order valence-electron chi connectivity index (χ1n) is 7.02. The summed E-state index contributed by atoms with van der Waals surface area (Å²) in [5.41, 5.74) is 5.28. The molecule has 1 aliphatic rings. The van der Waals surface area contributed by atoms with Gasteiger partial charge in [0, 0.05) is 11.6 Å². The molecule has 2 heterocycles. The van der Waals surface area contributed by atoms with E-state index in [9.17, 15) is 0 Å². The van der Waals surface area contributed by atoms with E-state index in [4.69, 9.17) is 4.74 Å². The number of rotatable bonds is 2. The lowest BCUT2D eigenvalue weighted by atomic mass is 10.1. The van der Waals surface area contributed by atoms with Gasteiger partial charge in [-0.2, -0.15) is 0 Å². The number of imidazole rings is 1. The van der Waals surface area contributed by atoms with Crippen LogP contribution < -0.4 is 9.30 Å². The van der Waals surface area contributed by atoms with Gasteiger partial charge in [-0.05, 0) is 25.1 Å². The quantitative estimate of drug-likeness (QED) is 0.510. The fourth-order valence-electron chi connectivity index (χ4n) is 3.27. The Hall–Kier alpha value is -2.29. The van der Waals surface area contributed by atoms with Gasteiger partial charge in [0.1, 0.15) is 12.3 Å². The Morgan fingerprint density at radius 2 is 2.05 bits per heavy atom. The van der Waals surface area contributed by atoms with Crippen LogP contribution in [0.2, 0.25) is 0 Å². The Morgan fingerprint density at radius 1 is 1.20 bits per heavy atom. The Balaban J connectivity index is 2.09.